The van der Waals surface area contributed by atoms with E-state index in [1.807, 2.05) is 0 Å². The predicted molar refractivity (Wildman–Crippen MR) is 96.4 cm³/mol. The Morgan fingerprint density at radius 2 is 2.10 bits per heavy atom. The SMILES string of the molecule is CCNC(CSC(C)CC)CC1CCCc2ccccc21. The molecule has 0 saturated heterocycles. The number of aryl methyl sites for hydroxylation is 1. The maximum Gasteiger partial charge on any atom is 0.0164 e. The summed E-state index contributed by atoms with van der Waals surface area (Å²) in [6.07, 6.45) is 6.58. The second-order valence-corrected chi connectivity index (χ2v) is 7.80. The van der Waals surface area contributed by atoms with Crippen molar-refractivity contribution in [1.82, 2.24) is 5.32 Å². The largest absolute Gasteiger partial charge is 0.313 e. The number of rotatable bonds is 8. The summed E-state index contributed by atoms with van der Waals surface area (Å²) in [6, 6.07) is 9.77. The van der Waals surface area contributed by atoms with Crippen molar-refractivity contribution in [3.05, 3.63) is 35.4 Å². The Morgan fingerprint density at radius 3 is 2.86 bits per heavy atom. The van der Waals surface area contributed by atoms with Crippen molar-refractivity contribution in [3.63, 3.8) is 0 Å². The minimum atomic E-state index is 0.658. The third-order valence-corrected chi connectivity index (χ3v) is 6.21. The van der Waals surface area contributed by atoms with Gasteiger partial charge in [0.15, 0.2) is 0 Å². The topological polar surface area (TPSA) is 12.0 Å². The van der Waals surface area contributed by atoms with Crippen molar-refractivity contribution in [1.29, 1.82) is 0 Å². The molecule has 1 aromatic rings. The number of hydrogen-bond acceptors (Lipinski definition) is 2. The van der Waals surface area contributed by atoms with Crippen LogP contribution < -0.4 is 5.32 Å². The average molecular weight is 306 g/mol. The van der Waals surface area contributed by atoms with Crippen LogP contribution in [-0.2, 0) is 6.42 Å². The average Bonchev–Trinajstić information content (AvgIpc) is 2.52. The van der Waals surface area contributed by atoms with Crippen LogP contribution in [0.2, 0.25) is 0 Å². The van der Waals surface area contributed by atoms with Gasteiger partial charge in [0.1, 0.15) is 0 Å². The molecule has 0 fully saturated rings. The highest BCUT2D eigenvalue weighted by molar-refractivity contribution is 7.99. The summed E-state index contributed by atoms with van der Waals surface area (Å²) in [6.45, 7) is 7.96. The summed E-state index contributed by atoms with van der Waals surface area (Å²) in [5.41, 5.74) is 3.22. The van der Waals surface area contributed by atoms with Gasteiger partial charge in [-0.2, -0.15) is 11.8 Å². The predicted octanol–water partition coefficient (Wildman–Crippen LogP) is 5.01. The van der Waals surface area contributed by atoms with E-state index in [-0.39, 0.29) is 0 Å². The molecule has 0 amide bonds. The van der Waals surface area contributed by atoms with E-state index in [1.165, 1.54) is 37.9 Å². The van der Waals surface area contributed by atoms with Crippen LogP contribution in [0, 0.1) is 0 Å². The van der Waals surface area contributed by atoms with Crippen molar-refractivity contribution in [2.75, 3.05) is 12.3 Å². The van der Waals surface area contributed by atoms with Crippen LogP contribution in [-0.4, -0.2) is 23.6 Å². The zero-order valence-corrected chi connectivity index (χ0v) is 14.7. The zero-order chi connectivity index (χ0) is 15.1. The Hall–Kier alpha value is -0.470. The van der Waals surface area contributed by atoms with Gasteiger partial charge in [0.2, 0.25) is 0 Å². The van der Waals surface area contributed by atoms with Crippen LogP contribution in [0.3, 0.4) is 0 Å². The van der Waals surface area contributed by atoms with Gasteiger partial charge in [-0.1, -0.05) is 45.0 Å². The lowest BCUT2D eigenvalue weighted by atomic mass is 9.80. The van der Waals surface area contributed by atoms with Gasteiger partial charge < -0.3 is 5.32 Å². The van der Waals surface area contributed by atoms with Crippen LogP contribution in [0.5, 0.6) is 0 Å². The summed E-state index contributed by atoms with van der Waals surface area (Å²) >= 11 is 2.13. The van der Waals surface area contributed by atoms with Gasteiger partial charge in [-0.05, 0) is 55.7 Å². The van der Waals surface area contributed by atoms with Crippen LogP contribution in [0.25, 0.3) is 0 Å². The first-order valence-electron chi connectivity index (χ1n) is 8.67. The van der Waals surface area contributed by atoms with E-state index in [9.17, 15) is 0 Å². The fraction of sp³-hybridized carbons (Fsp3) is 0.684. The van der Waals surface area contributed by atoms with Gasteiger partial charge in [-0.25, -0.2) is 0 Å². The summed E-state index contributed by atoms with van der Waals surface area (Å²) in [5, 5.41) is 4.50. The zero-order valence-electron chi connectivity index (χ0n) is 13.9. The molecular weight excluding hydrogens is 274 g/mol. The van der Waals surface area contributed by atoms with Crippen LogP contribution >= 0.6 is 11.8 Å². The molecule has 1 N–H and O–H groups in total. The van der Waals surface area contributed by atoms with Gasteiger partial charge in [0.05, 0.1) is 0 Å². The maximum atomic E-state index is 3.72. The Balaban J connectivity index is 1.97. The standard InChI is InChI=1S/C19H31NS/c1-4-15(3)21-14-18(20-5-2)13-17-11-8-10-16-9-6-7-12-19(16)17/h6-7,9,12,15,17-18,20H,4-5,8,10-11,13-14H2,1-3H3. The van der Waals surface area contributed by atoms with Crippen molar-refractivity contribution in [2.24, 2.45) is 0 Å². The second kappa shape index (κ2) is 8.85. The minimum Gasteiger partial charge on any atom is -0.313 e. The Labute approximate surface area is 135 Å². The quantitative estimate of drug-likeness (QED) is 0.725. The van der Waals surface area contributed by atoms with Crippen molar-refractivity contribution in [3.8, 4) is 0 Å². The number of benzene rings is 1. The van der Waals surface area contributed by atoms with E-state index in [0.717, 1.165) is 17.7 Å². The van der Waals surface area contributed by atoms with E-state index in [1.54, 1.807) is 11.1 Å². The lowest BCUT2D eigenvalue weighted by molar-refractivity contribution is 0.440. The monoisotopic (exact) mass is 305 g/mol. The number of fused-ring (bicyclic) bond motifs is 1. The summed E-state index contributed by atoms with van der Waals surface area (Å²) in [7, 11) is 0. The van der Waals surface area contributed by atoms with Crippen LogP contribution in [0.1, 0.15) is 63.5 Å². The molecule has 1 nitrogen and oxygen atoms in total. The van der Waals surface area contributed by atoms with Gasteiger partial charge >= 0.3 is 0 Å². The van der Waals surface area contributed by atoms with E-state index in [0.29, 0.717) is 6.04 Å². The number of thioether (sulfide) groups is 1. The smallest absolute Gasteiger partial charge is 0.0164 e. The van der Waals surface area contributed by atoms with Crippen LogP contribution in [0.4, 0.5) is 0 Å². The molecule has 118 valence electrons. The van der Waals surface area contributed by atoms with Gasteiger partial charge in [-0.3, -0.25) is 0 Å². The van der Waals surface area contributed by atoms with Crippen molar-refractivity contribution < 1.29 is 0 Å². The normalized spacial score (nSPS) is 20.8. The molecule has 0 radical (unpaired) electrons. The Morgan fingerprint density at radius 1 is 1.29 bits per heavy atom. The molecule has 0 aromatic heterocycles. The number of hydrogen-bond donors (Lipinski definition) is 1. The molecule has 0 bridgehead atoms. The molecule has 1 aromatic carbocycles. The molecule has 0 spiro atoms. The molecule has 1 aliphatic carbocycles. The molecule has 21 heavy (non-hydrogen) atoms. The first-order valence-corrected chi connectivity index (χ1v) is 9.72. The van der Waals surface area contributed by atoms with Crippen molar-refractivity contribution in [2.45, 2.75) is 70.1 Å². The van der Waals surface area contributed by atoms with Gasteiger partial charge in [-0.15, -0.1) is 0 Å². The Kier molecular flexibility index (Phi) is 7.12. The highest BCUT2D eigenvalue weighted by Crippen LogP contribution is 2.35. The van der Waals surface area contributed by atoms with Crippen molar-refractivity contribution >= 4 is 11.8 Å². The Bertz CT molecular complexity index is 418. The lowest BCUT2D eigenvalue weighted by Crippen LogP contribution is -2.34. The second-order valence-electron chi connectivity index (χ2n) is 6.33. The summed E-state index contributed by atoms with van der Waals surface area (Å²) in [5.74, 6) is 2.01. The van der Waals surface area contributed by atoms with Crippen LogP contribution in [0.15, 0.2) is 24.3 Å². The minimum absolute atomic E-state index is 0.658. The first-order chi connectivity index (χ1) is 10.2. The van der Waals surface area contributed by atoms with E-state index >= 15 is 0 Å². The van der Waals surface area contributed by atoms with E-state index < -0.39 is 0 Å². The third kappa shape index (κ3) is 5.03. The molecule has 0 aliphatic heterocycles. The molecular formula is C19H31NS. The van der Waals surface area contributed by atoms with E-state index in [2.05, 4.69) is 62.1 Å². The lowest BCUT2D eigenvalue weighted by Gasteiger charge is -2.29. The van der Waals surface area contributed by atoms with E-state index in [4.69, 9.17) is 0 Å². The molecule has 0 heterocycles. The highest BCUT2D eigenvalue weighted by Gasteiger charge is 2.23. The molecule has 3 atom stereocenters. The fourth-order valence-corrected chi connectivity index (χ4v) is 4.39. The summed E-state index contributed by atoms with van der Waals surface area (Å²) < 4.78 is 0. The number of nitrogens with one attached hydrogen (secondary N) is 1. The van der Waals surface area contributed by atoms with Gasteiger partial charge in [0, 0.05) is 17.0 Å². The molecule has 0 saturated carbocycles. The molecule has 2 rings (SSSR count). The third-order valence-electron chi connectivity index (χ3n) is 4.71. The maximum absolute atomic E-state index is 3.72. The molecule has 3 unspecified atom stereocenters. The first kappa shape index (κ1) is 16.9. The fourth-order valence-electron chi connectivity index (χ4n) is 3.34. The summed E-state index contributed by atoms with van der Waals surface area (Å²) in [4.78, 5) is 0. The molecule has 1 aliphatic rings. The molecule has 2 heteroatoms. The van der Waals surface area contributed by atoms with Gasteiger partial charge in [0.25, 0.3) is 0 Å². The highest BCUT2D eigenvalue weighted by atomic mass is 32.2.